The van der Waals surface area contributed by atoms with Crippen LogP contribution in [0, 0.1) is 0 Å². The fourth-order valence-corrected chi connectivity index (χ4v) is 3.64. The molecule has 158 valence electrons. The zero-order chi connectivity index (χ0) is 22.0. The molecule has 6 heteroatoms. The first kappa shape index (κ1) is 21.4. The molecule has 3 aromatic carbocycles. The van der Waals surface area contributed by atoms with Gasteiger partial charge in [0, 0.05) is 10.6 Å². The van der Waals surface area contributed by atoms with Crippen molar-refractivity contribution in [3.63, 3.8) is 0 Å². The second kappa shape index (κ2) is 9.13. The molecule has 1 heterocycles. The maximum absolute atomic E-state index is 12.5. The van der Waals surface area contributed by atoms with Crippen LogP contribution in [0.15, 0.2) is 65.1 Å². The number of oxazole rings is 1. The van der Waals surface area contributed by atoms with E-state index in [1.807, 2.05) is 24.3 Å². The molecule has 4 aromatic rings. The van der Waals surface area contributed by atoms with Crippen LogP contribution in [0.5, 0.6) is 0 Å². The molecule has 1 N–H and O–H groups in total. The summed E-state index contributed by atoms with van der Waals surface area (Å²) in [5.41, 5.74) is 4.90. The van der Waals surface area contributed by atoms with Crippen molar-refractivity contribution in [3.8, 4) is 11.5 Å². The minimum atomic E-state index is -0.169. The Morgan fingerprint density at radius 1 is 1.06 bits per heavy atom. The average molecular weight is 453 g/mol. The van der Waals surface area contributed by atoms with E-state index in [-0.39, 0.29) is 12.3 Å². The zero-order valence-electron chi connectivity index (χ0n) is 17.3. The van der Waals surface area contributed by atoms with Gasteiger partial charge in [-0.15, -0.1) is 0 Å². The van der Waals surface area contributed by atoms with Crippen LogP contribution in [0.2, 0.25) is 10.0 Å². The number of hydrogen-bond donors (Lipinski definition) is 1. The second-order valence-corrected chi connectivity index (χ2v) is 8.45. The van der Waals surface area contributed by atoms with Gasteiger partial charge in [0.15, 0.2) is 5.58 Å². The van der Waals surface area contributed by atoms with Crippen molar-refractivity contribution < 1.29 is 9.21 Å². The fourth-order valence-electron chi connectivity index (χ4n) is 3.35. The Morgan fingerprint density at radius 2 is 1.84 bits per heavy atom. The zero-order valence-corrected chi connectivity index (χ0v) is 18.8. The van der Waals surface area contributed by atoms with E-state index in [2.05, 4.69) is 36.3 Å². The number of carbonyl (C=O) groups is 1. The van der Waals surface area contributed by atoms with Gasteiger partial charge in [-0.1, -0.05) is 55.2 Å². The van der Waals surface area contributed by atoms with Crippen molar-refractivity contribution in [2.24, 2.45) is 0 Å². The Labute approximate surface area is 191 Å². The van der Waals surface area contributed by atoms with E-state index in [9.17, 15) is 4.79 Å². The first-order valence-corrected chi connectivity index (χ1v) is 10.9. The van der Waals surface area contributed by atoms with Crippen LogP contribution in [-0.2, 0) is 11.2 Å². The number of amides is 1. The molecule has 0 aliphatic rings. The van der Waals surface area contributed by atoms with E-state index in [4.69, 9.17) is 27.6 Å². The highest BCUT2D eigenvalue weighted by Crippen LogP contribution is 2.32. The van der Waals surface area contributed by atoms with Crippen LogP contribution in [0.3, 0.4) is 0 Å². The highest BCUT2D eigenvalue weighted by molar-refractivity contribution is 6.33. The van der Waals surface area contributed by atoms with E-state index in [1.54, 1.807) is 24.3 Å². The number of anilines is 1. The standard InChI is InChI=1S/C25H22Cl2N2O2/c1-3-15(2)17-7-11-23-22(13-17)29-25(31-23)18-6-10-20(27)21(14-18)28-24(30)12-16-4-8-19(26)9-5-16/h4-11,13-15H,3,12H2,1-2H3,(H,28,30)/t15-/m1/s1. The van der Waals surface area contributed by atoms with Gasteiger partial charge >= 0.3 is 0 Å². The number of halogens is 2. The Morgan fingerprint density at radius 3 is 2.58 bits per heavy atom. The van der Waals surface area contributed by atoms with E-state index in [1.165, 1.54) is 5.56 Å². The van der Waals surface area contributed by atoms with Crippen LogP contribution >= 0.6 is 23.2 Å². The third-order valence-corrected chi connectivity index (χ3v) is 5.94. The summed E-state index contributed by atoms with van der Waals surface area (Å²) in [5.74, 6) is 0.779. The van der Waals surface area contributed by atoms with E-state index in [0.29, 0.717) is 27.5 Å². The molecule has 0 bridgehead atoms. The first-order valence-electron chi connectivity index (χ1n) is 10.2. The second-order valence-electron chi connectivity index (χ2n) is 7.60. The number of nitrogens with one attached hydrogen (secondary N) is 1. The molecule has 31 heavy (non-hydrogen) atoms. The molecule has 0 spiro atoms. The van der Waals surface area contributed by atoms with E-state index >= 15 is 0 Å². The summed E-state index contributed by atoms with van der Waals surface area (Å²) in [5, 5.41) is 3.96. The molecule has 0 unspecified atom stereocenters. The highest BCUT2D eigenvalue weighted by Gasteiger charge is 2.14. The molecule has 0 radical (unpaired) electrons. The SMILES string of the molecule is CC[C@@H](C)c1ccc2oc(-c3ccc(Cl)c(NC(=O)Cc4ccc(Cl)cc4)c3)nc2c1. The minimum Gasteiger partial charge on any atom is -0.436 e. The fraction of sp³-hybridized carbons (Fsp3) is 0.200. The van der Waals surface area contributed by atoms with Crippen LogP contribution in [-0.4, -0.2) is 10.9 Å². The topological polar surface area (TPSA) is 55.1 Å². The maximum Gasteiger partial charge on any atom is 0.228 e. The summed E-state index contributed by atoms with van der Waals surface area (Å²) in [6.07, 6.45) is 1.28. The number of aromatic nitrogens is 1. The third kappa shape index (κ3) is 4.92. The van der Waals surface area contributed by atoms with Crippen LogP contribution in [0.25, 0.3) is 22.6 Å². The Hall–Kier alpha value is -2.82. The summed E-state index contributed by atoms with van der Waals surface area (Å²) in [7, 11) is 0. The van der Waals surface area contributed by atoms with Crippen LogP contribution < -0.4 is 5.32 Å². The summed E-state index contributed by atoms with van der Waals surface area (Å²) >= 11 is 12.2. The quantitative estimate of drug-likeness (QED) is 0.329. The third-order valence-electron chi connectivity index (χ3n) is 5.36. The molecule has 4 rings (SSSR count). The number of carbonyl (C=O) groups excluding carboxylic acids is 1. The smallest absolute Gasteiger partial charge is 0.228 e. The van der Waals surface area contributed by atoms with Gasteiger partial charge in [0.05, 0.1) is 17.1 Å². The first-order chi connectivity index (χ1) is 14.9. The number of benzene rings is 3. The lowest BCUT2D eigenvalue weighted by Crippen LogP contribution is -2.14. The molecule has 0 saturated carbocycles. The Balaban J connectivity index is 1.57. The highest BCUT2D eigenvalue weighted by atomic mass is 35.5. The summed E-state index contributed by atoms with van der Waals surface area (Å²) in [6, 6.07) is 18.6. The lowest BCUT2D eigenvalue weighted by atomic mass is 9.98. The van der Waals surface area contributed by atoms with Gasteiger partial charge < -0.3 is 9.73 Å². The van der Waals surface area contributed by atoms with Gasteiger partial charge in [0.1, 0.15) is 5.52 Å². The van der Waals surface area contributed by atoms with Crippen molar-refractivity contribution in [1.82, 2.24) is 4.98 Å². The van der Waals surface area contributed by atoms with Gasteiger partial charge in [-0.3, -0.25) is 4.79 Å². The van der Waals surface area contributed by atoms with Crippen molar-refractivity contribution >= 4 is 45.9 Å². The molecule has 1 atom stereocenters. The van der Waals surface area contributed by atoms with Gasteiger partial charge in [-0.25, -0.2) is 4.98 Å². The van der Waals surface area contributed by atoms with Crippen molar-refractivity contribution in [2.75, 3.05) is 5.32 Å². The molecule has 4 nitrogen and oxygen atoms in total. The molecule has 0 aliphatic heterocycles. The average Bonchev–Trinajstić information content (AvgIpc) is 3.19. The maximum atomic E-state index is 12.5. The molecule has 1 aromatic heterocycles. The minimum absolute atomic E-state index is 0.169. The summed E-state index contributed by atoms with van der Waals surface area (Å²) < 4.78 is 5.95. The summed E-state index contributed by atoms with van der Waals surface area (Å²) in [6.45, 7) is 4.36. The molecule has 0 aliphatic carbocycles. The van der Waals surface area contributed by atoms with Gasteiger partial charge in [-0.05, 0) is 65.9 Å². The predicted octanol–water partition coefficient (Wildman–Crippen LogP) is 7.50. The van der Waals surface area contributed by atoms with Crippen LogP contribution in [0.1, 0.15) is 37.3 Å². The number of hydrogen-bond acceptors (Lipinski definition) is 3. The van der Waals surface area contributed by atoms with Crippen molar-refractivity contribution in [1.29, 1.82) is 0 Å². The molecule has 1 amide bonds. The molecule has 0 saturated heterocycles. The van der Waals surface area contributed by atoms with Crippen molar-refractivity contribution in [3.05, 3.63) is 81.8 Å². The van der Waals surface area contributed by atoms with E-state index < -0.39 is 0 Å². The van der Waals surface area contributed by atoms with Gasteiger partial charge in [0.25, 0.3) is 0 Å². The van der Waals surface area contributed by atoms with E-state index in [0.717, 1.165) is 28.6 Å². The Bertz CT molecular complexity index is 1230. The normalized spacial score (nSPS) is 12.1. The lowest BCUT2D eigenvalue weighted by molar-refractivity contribution is -0.115. The largest absolute Gasteiger partial charge is 0.436 e. The van der Waals surface area contributed by atoms with Gasteiger partial charge in [0.2, 0.25) is 11.8 Å². The number of rotatable bonds is 6. The number of fused-ring (bicyclic) bond motifs is 1. The predicted molar refractivity (Wildman–Crippen MR) is 127 cm³/mol. The van der Waals surface area contributed by atoms with Crippen LogP contribution in [0.4, 0.5) is 5.69 Å². The summed E-state index contributed by atoms with van der Waals surface area (Å²) in [4.78, 5) is 17.1. The monoisotopic (exact) mass is 452 g/mol. The van der Waals surface area contributed by atoms with Crippen molar-refractivity contribution in [2.45, 2.75) is 32.6 Å². The Kier molecular flexibility index (Phi) is 6.30. The molecule has 0 fully saturated rings. The molecular formula is C25H22Cl2N2O2. The number of nitrogens with zero attached hydrogens (tertiary/aromatic N) is 1. The lowest BCUT2D eigenvalue weighted by Gasteiger charge is -2.09. The molecular weight excluding hydrogens is 431 g/mol. The van der Waals surface area contributed by atoms with Gasteiger partial charge in [-0.2, -0.15) is 0 Å².